The molecule has 4 N–H and O–H groups in total. The largest absolute Gasteiger partial charge is 0.477 e. The van der Waals surface area contributed by atoms with Crippen molar-refractivity contribution < 1.29 is 19.1 Å². The van der Waals surface area contributed by atoms with Crippen LogP contribution >= 0.6 is 11.6 Å². The van der Waals surface area contributed by atoms with Crippen molar-refractivity contribution in [2.45, 2.75) is 38.9 Å². The maximum absolute atomic E-state index is 13.2. The smallest absolute Gasteiger partial charge is 0.352 e. The third-order valence-electron chi connectivity index (χ3n) is 4.49. The van der Waals surface area contributed by atoms with Crippen molar-refractivity contribution in [3.63, 3.8) is 0 Å². The molecule has 0 saturated heterocycles. The Labute approximate surface area is 178 Å². The standard InChI is InChI=1S/C22H23ClFN3O3/c1-22(2,3)27-20(28)18(25-11-12-4-7-14(24)8-5-12)17-15-9-6-13(23)10-16(15)26-19(17)21(29)30/h4-10,18,25-26H,11H2,1-3H3,(H,27,28)(H,29,30). The topological polar surface area (TPSA) is 94.2 Å². The lowest BCUT2D eigenvalue weighted by Crippen LogP contribution is -2.46. The Hall–Kier alpha value is -2.90. The molecule has 1 amide bonds. The van der Waals surface area contributed by atoms with Gasteiger partial charge < -0.3 is 15.4 Å². The first-order chi connectivity index (χ1) is 14.0. The normalized spacial score (nSPS) is 12.7. The number of carboxylic acids is 1. The first-order valence-corrected chi connectivity index (χ1v) is 9.77. The minimum Gasteiger partial charge on any atom is -0.477 e. The second-order valence-corrected chi connectivity index (χ2v) is 8.52. The van der Waals surface area contributed by atoms with Gasteiger partial charge in [-0.3, -0.25) is 10.1 Å². The van der Waals surface area contributed by atoms with E-state index in [1.54, 1.807) is 30.3 Å². The summed E-state index contributed by atoms with van der Waals surface area (Å²) in [6.45, 7) is 5.76. The monoisotopic (exact) mass is 431 g/mol. The highest BCUT2D eigenvalue weighted by atomic mass is 35.5. The Bertz CT molecular complexity index is 1090. The van der Waals surface area contributed by atoms with Gasteiger partial charge in [-0.25, -0.2) is 9.18 Å². The number of halogens is 2. The number of carbonyl (C=O) groups excluding carboxylic acids is 1. The van der Waals surface area contributed by atoms with Crippen molar-refractivity contribution in [2.75, 3.05) is 0 Å². The van der Waals surface area contributed by atoms with Crippen molar-refractivity contribution in [2.24, 2.45) is 0 Å². The van der Waals surface area contributed by atoms with E-state index in [2.05, 4.69) is 15.6 Å². The van der Waals surface area contributed by atoms with Crippen molar-refractivity contribution in [3.05, 3.63) is 70.1 Å². The lowest BCUT2D eigenvalue weighted by atomic mass is 9.99. The summed E-state index contributed by atoms with van der Waals surface area (Å²) < 4.78 is 13.2. The highest BCUT2D eigenvalue weighted by Gasteiger charge is 2.31. The van der Waals surface area contributed by atoms with Crippen molar-refractivity contribution in [1.29, 1.82) is 0 Å². The van der Waals surface area contributed by atoms with Gasteiger partial charge in [-0.2, -0.15) is 0 Å². The second-order valence-electron chi connectivity index (χ2n) is 8.09. The molecule has 0 aliphatic heterocycles. The minimum absolute atomic E-state index is 0.0899. The molecule has 3 aromatic rings. The molecule has 2 aromatic carbocycles. The molecule has 1 heterocycles. The van der Waals surface area contributed by atoms with Crippen LogP contribution in [0.4, 0.5) is 4.39 Å². The van der Waals surface area contributed by atoms with E-state index in [9.17, 15) is 19.1 Å². The van der Waals surface area contributed by atoms with E-state index in [1.165, 1.54) is 12.1 Å². The number of carbonyl (C=O) groups is 2. The van der Waals surface area contributed by atoms with Gasteiger partial charge in [0.05, 0.1) is 0 Å². The molecule has 6 nitrogen and oxygen atoms in total. The number of carboxylic acid groups (broad SMARTS) is 1. The number of hydrogen-bond acceptors (Lipinski definition) is 3. The maximum atomic E-state index is 13.2. The summed E-state index contributed by atoms with van der Waals surface area (Å²) in [5, 5.41) is 16.8. The number of rotatable bonds is 6. The Kier molecular flexibility index (Phi) is 6.14. The van der Waals surface area contributed by atoms with Crippen LogP contribution in [0.15, 0.2) is 42.5 Å². The lowest BCUT2D eigenvalue weighted by molar-refractivity contribution is -0.124. The van der Waals surface area contributed by atoms with Gasteiger partial charge in [0.2, 0.25) is 5.91 Å². The molecule has 158 valence electrons. The van der Waals surface area contributed by atoms with Crippen LogP contribution in [-0.4, -0.2) is 27.5 Å². The van der Waals surface area contributed by atoms with E-state index < -0.39 is 17.6 Å². The molecule has 0 radical (unpaired) electrons. The minimum atomic E-state index is -1.19. The Morgan fingerprint density at radius 1 is 1.17 bits per heavy atom. The molecule has 0 aliphatic rings. The quantitative estimate of drug-likeness (QED) is 0.465. The molecule has 1 aromatic heterocycles. The van der Waals surface area contributed by atoms with Crippen LogP contribution in [0.2, 0.25) is 5.02 Å². The molecule has 8 heteroatoms. The fraction of sp³-hybridized carbons (Fsp3) is 0.273. The van der Waals surface area contributed by atoms with Crippen molar-refractivity contribution in [3.8, 4) is 0 Å². The number of aromatic nitrogens is 1. The summed E-state index contributed by atoms with van der Waals surface area (Å²) in [6.07, 6.45) is 0. The molecule has 0 fully saturated rings. The number of amides is 1. The van der Waals surface area contributed by atoms with E-state index in [1.807, 2.05) is 20.8 Å². The molecule has 0 saturated carbocycles. The number of benzene rings is 2. The van der Waals surface area contributed by atoms with Crippen LogP contribution in [0.5, 0.6) is 0 Å². The van der Waals surface area contributed by atoms with Crippen LogP contribution < -0.4 is 10.6 Å². The van der Waals surface area contributed by atoms with Gasteiger partial charge in [-0.1, -0.05) is 29.8 Å². The number of nitrogens with one attached hydrogen (secondary N) is 3. The van der Waals surface area contributed by atoms with Crippen LogP contribution in [0, 0.1) is 5.82 Å². The van der Waals surface area contributed by atoms with E-state index in [0.717, 1.165) is 5.56 Å². The predicted octanol–water partition coefficient (Wildman–Crippen LogP) is 4.40. The first kappa shape index (κ1) is 21.8. The van der Waals surface area contributed by atoms with E-state index in [0.29, 0.717) is 21.5 Å². The summed E-state index contributed by atoms with van der Waals surface area (Å²) in [5.41, 5.74) is 0.980. The highest BCUT2D eigenvalue weighted by molar-refractivity contribution is 6.31. The summed E-state index contributed by atoms with van der Waals surface area (Å²) in [4.78, 5) is 27.9. The van der Waals surface area contributed by atoms with E-state index in [4.69, 9.17) is 11.6 Å². The molecule has 3 rings (SSSR count). The number of hydrogen-bond donors (Lipinski definition) is 4. The average molecular weight is 432 g/mol. The van der Waals surface area contributed by atoms with Gasteiger partial charge in [0.1, 0.15) is 17.6 Å². The molecule has 0 bridgehead atoms. The van der Waals surface area contributed by atoms with Gasteiger partial charge in [-0.05, 0) is 50.6 Å². The number of H-pyrrole nitrogens is 1. The lowest BCUT2D eigenvalue weighted by Gasteiger charge is -2.26. The second kappa shape index (κ2) is 8.45. The Morgan fingerprint density at radius 2 is 1.83 bits per heavy atom. The summed E-state index contributed by atoms with van der Waals surface area (Å²) >= 11 is 6.05. The van der Waals surface area contributed by atoms with Crippen molar-refractivity contribution in [1.82, 2.24) is 15.6 Å². The number of aromatic carboxylic acids is 1. The van der Waals surface area contributed by atoms with Gasteiger partial charge in [0.25, 0.3) is 0 Å². The zero-order valence-corrected chi connectivity index (χ0v) is 17.6. The first-order valence-electron chi connectivity index (χ1n) is 9.39. The highest BCUT2D eigenvalue weighted by Crippen LogP contribution is 2.31. The molecular weight excluding hydrogens is 409 g/mol. The molecular formula is C22H23ClFN3O3. The molecule has 1 atom stereocenters. The van der Waals surface area contributed by atoms with Gasteiger partial charge >= 0.3 is 5.97 Å². The van der Waals surface area contributed by atoms with Crippen molar-refractivity contribution >= 4 is 34.4 Å². The van der Waals surface area contributed by atoms with E-state index in [-0.39, 0.29) is 24.0 Å². The Morgan fingerprint density at radius 3 is 2.43 bits per heavy atom. The van der Waals surface area contributed by atoms with E-state index >= 15 is 0 Å². The van der Waals surface area contributed by atoms with Crippen LogP contribution in [-0.2, 0) is 11.3 Å². The number of aromatic amines is 1. The zero-order valence-electron chi connectivity index (χ0n) is 16.8. The summed E-state index contributed by atoms with van der Waals surface area (Å²) in [5.74, 6) is -1.92. The fourth-order valence-corrected chi connectivity index (χ4v) is 3.42. The SMILES string of the molecule is CC(C)(C)NC(=O)C(NCc1ccc(F)cc1)c1c(C(=O)O)[nH]c2cc(Cl)ccc12. The zero-order chi connectivity index (χ0) is 22.1. The third kappa shape index (κ3) is 4.98. The summed E-state index contributed by atoms with van der Waals surface area (Å²) in [6, 6.07) is 9.86. The molecule has 30 heavy (non-hydrogen) atoms. The third-order valence-corrected chi connectivity index (χ3v) is 4.72. The Balaban J connectivity index is 2.06. The van der Waals surface area contributed by atoms with Crippen LogP contribution in [0.25, 0.3) is 10.9 Å². The van der Waals surface area contributed by atoms with Gasteiger partial charge in [0.15, 0.2) is 0 Å². The van der Waals surface area contributed by atoms with Crippen LogP contribution in [0.1, 0.15) is 48.4 Å². The van der Waals surface area contributed by atoms with Gasteiger partial charge in [0, 0.05) is 33.6 Å². The van der Waals surface area contributed by atoms with Gasteiger partial charge in [-0.15, -0.1) is 0 Å². The number of fused-ring (bicyclic) bond motifs is 1. The average Bonchev–Trinajstić information content (AvgIpc) is 3.00. The summed E-state index contributed by atoms with van der Waals surface area (Å²) in [7, 11) is 0. The molecule has 0 spiro atoms. The molecule has 0 aliphatic carbocycles. The molecule has 1 unspecified atom stereocenters. The predicted molar refractivity (Wildman–Crippen MR) is 114 cm³/mol. The van der Waals surface area contributed by atoms with Crippen LogP contribution in [0.3, 0.4) is 0 Å². The fourth-order valence-electron chi connectivity index (χ4n) is 3.25. The maximum Gasteiger partial charge on any atom is 0.352 e.